The van der Waals surface area contributed by atoms with E-state index in [1.807, 2.05) is 13.8 Å². The first-order valence-electron chi connectivity index (χ1n) is 4.85. The maximum atomic E-state index is 12.4. The lowest BCUT2D eigenvalue weighted by molar-refractivity contribution is -0.173. The highest BCUT2D eigenvalue weighted by Gasteiger charge is 2.48. The zero-order valence-corrected chi connectivity index (χ0v) is 8.51. The Hall–Kier alpha value is -0.290. The minimum absolute atomic E-state index is 0.0584. The van der Waals surface area contributed by atoms with Gasteiger partial charge in [0.25, 0.3) is 0 Å². The molecule has 2 unspecified atom stereocenters. The molecule has 0 saturated carbocycles. The van der Waals surface area contributed by atoms with Crippen LogP contribution in [0.4, 0.5) is 13.2 Å². The first-order chi connectivity index (χ1) is 6.30. The summed E-state index contributed by atoms with van der Waals surface area (Å²) >= 11 is 0. The predicted octanol–water partition coefficient (Wildman–Crippen LogP) is 1.46. The molecule has 0 aromatic carbocycles. The monoisotopic (exact) mass is 210 g/mol. The Morgan fingerprint density at radius 1 is 1.36 bits per heavy atom. The topological polar surface area (TPSA) is 29.3 Å². The van der Waals surface area contributed by atoms with Crippen LogP contribution in [0.2, 0.25) is 0 Å². The summed E-state index contributed by atoms with van der Waals surface area (Å²) in [5.41, 5.74) is 5.47. The first kappa shape index (κ1) is 11.8. The normalized spacial score (nSPS) is 30.2. The van der Waals surface area contributed by atoms with E-state index in [0.717, 1.165) is 0 Å². The van der Waals surface area contributed by atoms with Crippen LogP contribution in [0.5, 0.6) is 0 Å². The molecule has 0 aromatic rings. The minimum atomic E-state index is -4.15. The highest BCUT2D eigenvalue weighted by molar-refractivity contribution is 4.90. The number of hydrogen-bond donors (Lipinski definition) is 1. The van der Waals surface area contributed by atoms with Gasteiger partial charge in [-0.1, -0.05) is 13.8 Å². The summed E-state index contributed by atoms with van der Waals surface area (Å²) < 4.78 is 37.2. The molecule has 1 fully saturated rings. The summed E-state index contributed by atoms with van der Waals surface area (Å²) in [4.78, 5) is 1.80. The van der Waals surface area contributed by atoms with Crippen molar-refractivity contribution in [3.63, 3.8) is 0 Å². The molecule has 2 atom stereocenters. The molecule has 1 heterocycles. The SMILES string of the molecule is CC(C)CN1CC(N)C(C(F)(F)F)C1. The summed E-state index contributed by atoms with van der Waals surface area (Å²) in [5, 5.41) is 0. The Balaban J connectivity index is 2.52. The molecule has 0 bridgehead atoms. The predicted molar refractivity (Wildman–Crippen MR) is 48.8 cm³/mol. The fourth-order valence-corrected chi connectivity index (χ4v) is 1.93. The van der Waals surface area contributed by atoms with E-state index in [0.29, 0.717) is 19.0 Å². The third-order valence-corrected chi connectivity index (χ3v) is 2.48. The van der Waals surface area contributed by atoms with Crippen LogP contribution in [0, 0.1) is 11.8 Å². The maximum Gasteiger partial charge on any atom is 0.394 e. The lowest BCUT2D eigenvalue weighted by atomic mass is 10.0. The molecular formula is C9H17F3N2. The average molecular weight is 210 g/mol. The summed E-state index contributed by atoms with van der Waals surface area (Å²) in [7, 11) is 0. The van der Waals surface area contributed by atoms with E-state index in [1.165, 1.54) is 0 Å². The molecule has 2 nitrogen and oxygen atoms in total. The number of alkyl halides is 3. The first-order valence-corrected chi connectivity index (χ1v) is 4.85. The van der Waals surface area contributed by atoms with Crippen LogP contribution in [0.15, 0.2) is 0 Å². The second-order valence-corrected chi connectivity index (χ2v) is 4.42. The van der Waals surface area contributed by atoms with Gasteiger partial charge < -0.3 is 10.6 Å². The number of nitrogens with two attached hydrogens (primary N) is 1. The van der Waals surface area contributed by atoms with E-state index in [9.17, 15) is 13.2 Å². The van der Waals surface area contributed by atoms with Crippen molar-refractivity contribution in [1.82, 2.24) is 4.90 Å². The van der Waals surface area contributed by atoms with Crippen LogP contribution >= 0.6 is 0 Å². The lowest BCUT2D eigenvalue weighted by Crippen LogP contribution is -2.38. The van der Waals surface area contributed by atoms with Crippen LogP contribution in [-0.4, -0.2) is 36.8 Å². The van der Waals surface area contributed by atoms with Crippen molar-refractivity contribution in [2.75, 3.05) is 19.6 Å². The zero-order chi connectivity index (χ0) is 10.9. The fourth-order valence-electron chi connectivity index (χ4n) is 1.93. The van der Waals surface area contributed by atoms with E-state index in [2.05, 4.69) is 0 Å². The zero-order valence-electron chi connectivity index (χ0n) is 8.51. The molecule has 0 radical (unpaired) electrons. The van der Waals surface area contributed by atoms with Gasteiger partial charge in [0, 0.05) is 25.7 Å². The Labute approximate surface area is 82.2 Å². The van der Waals surface area contributed by atoms with Gasteiger partial charge in [0.2, 0.25) is 0 Å². The summed E-state index contributed by atoms with van der Waals surface area (Å²) in [6.07, 6.45) is -4.15. The third-order valence-electron chi connectivity index (χ3n) is 2.48. The van der Waals surface area contributed by atoms with Crippen LogP contribution in [0.3, 0.4) is 0 Å². The quantitative estimate of drug-likeness (QED) is 0.747. The number of rotatable bonds is 2. The van der Waals surface area contributed by atoms with Gasteiger partial charge in [-0.15, -0.1) is 0 Å². The van der Waals surface area contributed by atoms with Crippen LogP contribution in [0.25, 0.3) is 0 Å². The molecule has 1 saturated heterocycles. The number of halogens is 3. The smallest absolute Gasteiger partial charge is 0.326 e. The van der Waals surface area contributed by atoms with Crippen molar-refractivity contribution >= 4 is 0 Å². The van der Waals surface area contributed by atoms with Gasteiger partial charge in [0.15, 0.2) is 0 Å². The van der Waals surface area contributed by atoms with E-state index < -0.39 is 18.1 Å². The van der Waals surface area contributed by atoms with Crippen molar-refractivity contribution in [2.24, 2.45) is 17.6 Å². The maximum absolute atomic E-state index is 12.4. The second kappa shape index (κ2) is 4.06. The van der Waals surface area contributed by atoms with Crippen molar-refractivity contribution in [2.45, 2.75) is 26.1 Å². The largest absolute Gasteiger partial charge is 0.394 e. The molecule has 1 aliphatic rings. The number of hydrogen-bond acceptors (Lipinski definition) is 2. The van der Waals surface area contributed by atoms with Crippen LogP contribution in [0.1, 0.15) is 13.8 Å². The summed E-state index contributed by atoms with van der Waals surface area (Å²) in [5.74, 6) is -0.963. The molecule has 2 N–H and O–H groups in total. The molecule has 1 rings (SSSR count). The van der Waals surface area contributed by atoms with Gasteiger partial charge in [0.1, 0.15) is 0 Å². The Morgan fingerprint density at radius 3 is 2.29 bits per heavy atom. The standard InChI is InChI=1S/C9H17F3N2/c1-6(2)3-14-4-7(8(13)5-14)9(10,11)12/h6-8H,3-5,13H2,1-2H3. The van der Waals surface area contributed by atoms with Gasteiger partial charge in [-0.05, 0) is 5.92 Å². The van der Waals surface area contributed by atoms with Crippen molar-refractivity contribution < 1.29 is 13.2 Å². The van der Waals surface area contributed by atoms with Crippen LogP contribution < -0.4 is 5.73 Å². The van der Waals surface area contributed by atoms with Gasteiger partial charge in [-0.2, -0.15) is 13.2 Å². The summed E-state index contributed by atoms with van der Waals surface area (Å²) in [6.45, 7) is 5.10. The van der Waals surface area contributed by atoms with Crippen molar-refractivity contribution in [3.05, 3.63) is 0 Å². The summed E-state index contributed by atoms with van der Waals surface area (Å²) in [6, 6.07) is -0.756. The van der Waals surface area contributed by atoms with E-state index in [4.69, 9.17) is 5.73 Å². The van der Waals surface area contributed by atoms with E-state index in [-0.39, 0.29) is 6.54 Å². The molecule has 0 amide bonds. The highest BCUT2D eigenvalue weighted by atomic mass is 19.4. The molecule has 14 heavy (non-hydrogen) atoms. The third kappa shape index (κ3) is 2.85. The molecule has 0 aliphatic carbocycles. The average Bonchev–Trinajstić information content (AvgIpc) is 2.27. The van der Waals surface area contributed by atoms with Crippen molar-refractivity contribution in [3.8, 4) is 0 Å². The van der Waals surface area contributed by atoms with E-state index >= 15 is 0 Å². The van der Waals surface area contributed by atoms with Gasteiger partial charge in [-0.25, -0.2) is 0 Å². The molecular weight excluding hydrogens is 193 g/mol. The molecule has 5 heteroatoms. The lowest BCUT2D eigenvalue weighted by Gasteiger charge is -2.19. The Bertz CT molecular complexity index is 191. The van der Waals surface area contributed by atoms with Crippen LogP contribution in [-0.2, 0) is 0 Å². The molecule has 0 aromatic heterocycles. The second-order valence-electron chi connectivity index (χ2n) is 4.42. The minimum Gasteiger partial charge on any atom is -0.326 e. The van der Waals surface area contributed by atoms with Gasteiger partial charge in [0.05, 0.1) is 5.92 Å². The number of nitrogens with zero attached hydrogens (tertiary/aromatic N) is 1. The highest BCUT2D eigenvalue weighted by Crippen LogP contribution is 2.33. The van der Waals surface area contributed by atoms with E-state index in [1.54, 1.807) is 4.90 Å². The van der Waals surface area contributed by atoms with Gasteiger partial charge >= 0.3 is 6.18 Å². The Kier molecular flexibility index (Phi) is 3.42. The fraction of sp³-hybridized carbons (Fsp3) is 1.00. The Morgan fingerprint density at radius 2 is 1.93 bits per heavy atom. The molecule has 0 spiro atoms. The molecule has 1 aliphatic heterocycles. The molecule has 84 valence electrons. The van der Waals surface area contributed by atoms with Gasteiger partial charge in [-0.3, -0.25) is 0 Å². The number of likely N-dealkylation sites (tertiary alicyclic amines) is 1. The van der Waals surface area contributed by atoms with Crippen molar-refractivity contribution in [1.29, 1.82) is 0 Å².